The minimum atomic E-state index is -0.349. The average Bonchev–Trinajstić information content (AvgIpc) is 2.55. The smallest absolute Gasteiger partial charge is 0.143 e. The van der Waals surface area contributed by atoms with Crippen LogP contribution in [0.3, 0.4) is 0 Å². The third-order valence-electron chi connectivity index (χ3n) is 3.31. The number of halogens is 1. The number of nitrogens with zero attached hydrogens (tertiary/aromatic N) is 4. The second-order valence-corrected chi connectivity index (χ2v) is 5.05. The van der Waals surface area contributed by atoms with Gasteiger partial charge in [-0.05, 0) is 25.0 Å². The van der Waals surface area contributed by atoms with Crippen LogP contribution in [0.15, 0.2) is 30.6 Å². The molecule has 114 valence electrons. The van der Waals surface area contributed by atoms with Crippen LogP contribution < -0.4 is 4.90 Å². The molecular formula is C17H19FN4. The number of hydrogen-bond acceptors (Lipinski definition) is 4. The van der Waals surface area contributed by atoms with E-state index in [1.165, 1.54) is 12.3 Å². The van der Waals surface area contributed by atoms with Crippen molar-refractivity contribution in [3.63, 3.8) is 0 Å². The van der Waals surface area contributed by atoms with Crippen molar-refractivity contribution in [3.05, 3.63) is 42.1 Å². The minimum absolute atomic E-state index is 0.349. The molecular weight excluding hydrogens is 279 g/mol. The zero-order valence-corrected chi connectivity index (χ0v) is 12.9. The summed E-state index contributed by atoms with van der Waals surface area (Å²) < 4.78 is 13.7. The van der Waals surface area contributed by atoms with Crippen molar-refractivity contribution in [1.29, 1.82) is 5.26 Å². The van der Waals surface area contributed by atoms with Gasteiger partial charge >= 0.3 is 0 Å². The molecule has 0 aliphatic rings. The molecule has 0 amide bonds. The maximum absolute atomic E-state index is 13.7. The van der Waals surface area contributed by atoms with E-state index in [0.29, 0.717) is 11.4 Å². The lowest BCUT2D eigenvalue weighted by Crippen LogP contribution is -2.26. The van der Waals surface area contributed by atoms with E-state index in [1.807, 2.05) is 6.07 Å². The van der Waals surface area contributed by atoms with Crippen molar-refractivity contribution >= 4 is 5.69 Å². The Morgan fingerprint density at radius 2 is 1.86 bits per heavy atom. The maximum atomic E-state index is 13.7. The lowest BCUT2D eigenvalue weighted by molar-refractivity contribution is 0.619. The number of nitriles is 1. The lowest BCUT2D eigenvalue weighted by atomic mass is 10.1. The third-order valence-corrected chi connectivity index (χ3v) is 3.31. The predicted octanol–water partition coefficient (Wildman–Crippen LogP) is 3.78. The van der Waals surface area contributed by atoms with Crippen LogP contribution in [0.2, 0.25) is 0 Å². The highest BCUT2D eigenvalue weighted by molar-refractivity contribution is 5.74. The van der Waals surface area contributed by atoms with Crippen LogP contribution >= 0.6 is 0 Å². The second-order valence-electron chi connectivity index (χ2n) is 5.05. The molecule has 2 rings (SSSR count). The fourth-order valence-corrected chi connectivity index (χ4v) is 2.38. The Balaban J connectivity index is 2.48. The number of hydrogen-bond donors (Lipinski definition) is 0. The van der Waals surface area contributed by atoms with Crippen LogP contribution in [0, 0.1) is 17.1 Å². The first-order chi connectivity index (χ1) is 10.7. The molecule has 0 N–H and O–H groups in total. The molecule has 0 aromatic carbocycles. The molecule has 2 aromatic rings. The lowest BCUT2D eigenvalue weighted by Gasteiger charge is -2.25. The fourth-order valence-electron chi connectivity index (χ4n) is 2.38. The molecule has 0 atom stereocenters. The van der Waals surface area contributed by atoms with E-state index < -0.39 is 0 Å². The highest BCUT2D eigenvalue weighted by atomic mass is 19.1. The number of aromatic nitrogens is 2. The normalized spacial score (nSPS) is 10.3. The van der Waals surface area contributed by atoms with E-state index in [0.717, 1.165) is 37.2 Å². The van der Waals surface area contributed by atoms with Gasteiger partial charge in [-0.2, -0.15) is 5.26 Å². The summed E-state index contributed by atoms with van der Waals surface area (Å²) >= 11 is 0. The standard InChI is InChI=1S/C17H19FN4/c1-3-7-22(8-4-2)16-9-14(18)12-21-17(16)13-5-6-15(10-19)20-11-13/h5-6,9,11-12H,3-4,7-8H2,1-2H3. The SMILES string of the molecule is CCCN(CCC)c1cc(F)cnc1-c1ccc(C#N)nc1. The van der Waals surface area contributed by atoms with Crippen molar-refractivity contribution in [2.24, 2.45) is 0 Å². The third kappa shape index (κ3) is 3.59. The summed E-state index contributed by atoms with van der Waals surface area (Å²) in [6.07, 6.45) is 4.77. The van der Waals surface area contributed by atoms with E-state index in [4.69, 9.17) is 5.26 Å². The molecule has 22 heavy (non-hydrogen) atoms. The average molecular weight is 298 g/mol. The van der Waals surface area contributed by atoms with Crippen molar-refractivity contribution < 1.29 is 4.39 Å². The summed E-state index contributed by atoms with van der Waals surface area (Å²) in [7, 11) is 0. The van der Waals surface area contributed by atoms with Crippen LogP contribution in [0.1, 0.15) is 32.4 Å². The van der Waals surface area contributed by atoms with Gasteiger partial charge in [-0.3, -0.25) is 4.98 Å². The van der Waals surface area contributed by atoms with Gasteiger partial charge < -0.3 is 4.90 Å². The monoisotopic (exact) mass is 298 g/mol. The molecule has 0 radical (unpaired) electrons. The largest absolute Gasteiger partial charge is 0.370 e. The molecule has 5 heteroatoms. The van der Waals surface area contributed by atoms with Gasteiger partial charge in [0.1, 0.15) is 17.6 Å². The molecule has 0 aliphatic heterocycles. The summed E-state index contributed by atoms with van der Waals surface area (Å²) in [5.74, 6) is -0.349. The van der Waals surface area contributed by atoms with Crippen molar-refractivity contribution in [1.82, 2.24) is 9.97 Å². The zero-order chi connectivity index (χ0) is 15.9. The van der Waals surface area contributed by atoms with Crippen LogP contribution in [0.5, 0.6) is 0 Å². The van der Waals surface area contributed by atoms with Gasteiger partial charge in [0.05, 0.1) is 17.6 Å². The fraction of sp³-hybridized carbons (Fsp3) is 0.353. The van der Waals surface area contributed by atoms with Crippen LogP contribution in [0.25, 0.3) is 11.3 Å². The summed E-state index contributed by atoms with van der Waals surface area (Å²) in [5, 5.41) is 8.83. The molecule has 2 aromatic heterocycles. The van der Waals surface area contributed by atoms with Gasteiger partial charge in [-0.1, -0.05) is 13.8 Å². The Bertz CT molecular complexity index is 655. The minimum Gasteiger partial charge on any atom is -0.370 e. The Kier molecular flexibility index (Phi) is 5.42. The first-order valence-electron chi connectivity index (χ1n) is 7.46. The molecule has 0 saturated carbocycles. The summed E-state index contributed by atoms with van der Waals surface area (Å²) in [5.41, 5.74) is 2.60. The van der Waals surface area contributed by atoms with Gasteiger partial charge in [0.2, 0.25) is 0 Å². The van der Waals surface area contributed by atoms with Crippen LogP contribution in [0.4, 0.5) is 10.1 Å². The first-order valence-corrected chi connectivity index (χ1v) is 7.46. The molecule has 0 bridgehead atoms. The Morgan fingerprint density at radius 1 is 1.14 bits per heavy atom. The van der Waals surface area contributed by atoms with E-state index in [-0.39, 0.29) is 5.82 Å². The Morgan fingerprint density at radius 3 is 2.41 bits per heavy atom. The zero-order valence-electron chi connectivity index (χ0n) is 12.9. The number of rotatable bonds is 6. The second kappa shape index (κ2) is 7.51. The molecule has 0 spiro atoms. The van der Waals surface area contributed by atoms with E-state index in [2.05, 4.69) is 28.7 Å². The quantitative estimate of drug-likeness (QED) is 0.814. The summed E-state index contributed by atoms with van der Waals surface area (Å²) in [6, 6.07) is 6.95. The predicted molar refractivity (Wildman–Crippen MR) is 84.9 cm³/mol. The van der Waals surface area contributed by atoms with Crippen molar-refractivity contribution in [2.45, 2.75) is 26.7 Å². The van der Waals surface area contributed by atoms with Gasteiger partial charge in [0.15, 0.2) is 0 Å². The van der Waals surface area contributed by atoms with Gasteiger partial charge in [0.25, 0.3) is 0 Å². The Labute approximate surface area is 130 Å². The molecule has 0 aliphatic carbocycles. The topological polar surface area (TPSA) is 52.8 Å². The summed E-state index contributed by atoms with van der Waals surface area (Å²) in [6.45, 7) is 5.88. The van der Waals surface area contributed by atoms with Crippen LogP contribution in [-0.2, 0) is 0 Å². The first kappa shape index (κ1) is 15.9. The van der Waals surface area contributed by atoms with E-state index >= 15 is 0 Å². The van der Waals surface area contributed by atoms with Gasteiger partial charge in [-0.25, -0.2) is 9.37 Å². The maximum Gasteiger partial charge on any atom is 0.143 e. The van der Waals surface area contributed by atoms with Crippen LogP contribution in [-0.4, -0.2) is 23.1 Å². The molecule has 0 unspecified atom stereocenters. The highest BCUT2D eigenvalue weighted by Crippen LogP contribution is 2.29. The summed E-state index contributed by atoms with van der Waals surface area (Å²) in [4.78, 5) is 10.5. The number of anilines is 1. The molecule has 0 fully saturated rings. The molecule has 4 nitrogen and oxygen atoms in total. The van der Waals surface area contributed by atoms with Crippen molar-refractivity contribution in [2.75, 3.05) is 18.0 Å². The highest BCUT2D eigenvalue weighted by Gasteiger charge is 2.14. The van der Waals surface area contributed by atoms with E-state index in [9.17, 15) is 4.39 Å². The van der Waals surface area contributed by atoms with Gasteiger partial charge in [-0.15, -0.1) is 0 Å². The molecule has 0 saturated heterocycles. The molecule has 2 heterocycles. The van der Waals surface area contributed by atoms with Gasteiger partial charge in [0, 0.05) is 30.9 Å². The van der Waals surface area contributed by atoms with E-state index in [1.54, 1.807) is 18.3 Å². The van der Waals surface area contributed by atoms with Crippen molar-refractivity contribution in [3.8, 4) is 17.3 Å². The Hall–Kier alpha value is -2.48. The number of pyridine rings is 2.